The standard InChI is InChI=1S/C45H61N5O5/c1-6-31(4)29-48-42(52)28-41(51)40(24-30(2)3)50-44(54)39(20-11-12-23-47-45(55)46-5)49-43(53)37(26-32-21-22-33-14-7-8-16-35(33)25-32)27-36-18-13-17-34-15-9-10-19-38(34)36/h7-10,13-19,21-22,25,30-31,37,39-41,51H,6,11-12,20,23-24,26-29H2,1-5H3,(H,48,52)(H,49,53)(H,50,54)(H2,46,47,55). The summed E-state index contributed by atoms with van der Waals surface area (Å²) in [4.78, 5) is 53.2. The van der Waals surface area contributed by atoms with Crippen molar-refractivity contribution in [2.75, 3.05) is 20.1 Å². The maximum atomic E-state index is 14.5. The zero-order valence-corrected chi connectivity index (χ0v) is 33.2. The fourth-order valence-corrected chi connectivity index (χ4v) is 6.91. The van der Waals surface area contributed by atoms with Crippen molar-refractivity contribution in [2.45, 2.75) is 97.2 Å². The summed E-state index contributed by atoms with van der Waals surface area (Å²) in [6.07, 6.45) is 2.52. The summed E-state index contributed by atoms with van der Waals surface area (Å²) in [6, 6.07) is 26.8. The Hall–Kier alpha value is -4.96. The highest BCUT2D eigenvalue weighted by Crippen LogP contribution is 2.25. The molecule has 5 atom stereocenters. The van der Waals surface area contributed by atoms with Crippen molar-refractivity contribution in [1.29, 1.82) is 0 Å². The molecule has 10 heteroatoms. The average Bonchev–Trinajstić information content (AvgIpc) is 3.18. The number of carbonyl (C=O) groups is 4. The Morgan fingerprint density at radius 3 is 2.18 bits per heavy atom. The van der Waals surface area contributed by atoms with E-state index in [0.29, 0.717) is 57.5 Å². The first-order valence-corrected chi connectivity index (χ1v) is 19.9. The number of hydrogen-bond acceptors (Lipinski definition) is 5. The lowest BCUT2D eigenvalue weighted by Crippen LogP contribution is -2.54. The fraction of sp³-hybridized carbons (Fsp3) is 0.467. The van der Waals surface area contributed by atoms with E-state index in [4.69, 9.17) is 0 Å². The highest BCUT2D eigenvalue weighted by molar-refractivity contribution is 5.90. The molecular formula is C45H61N5O5. The predicted molar refractivity (Wildman–Crippen MR) is 222 cm³/mol. The number of urea groups is 1. The predicted octanol–water partition coefficient (Wildman–Crippen LogP) is 6.42. The molecule has 55 heavy (non-hydrogen) atoms. The number of amides is 5. The Labute approximate surface area is 326 Å². The van der Waals surface area contributed by atoms with Gasteiger partial charge in [-0.05, 0) is 83.0 Å². The monoisotopic (exact) mass is 751 g/mol. The molecule has 5 unspecified atom stereocenters. The van der Waals surface area contributed by atoms with Crippen LogP contribution in [0.3, 0.4) is 0 Å². The van der Waals surface area contributed by atoms with Gasteiger partial charge in [-0.25, -0.2) is 4.79 Å². The number of fused-ring (bicyclic) bond motifs is 2. The van der Waals surface area contributed by atoms with E-state index >= 15 is 0 Å². The lowest BCUT2D eigenvalue weighted by atomic mass is 9.88. The highest BCUT2D eigenvalue weighted by atomic mass is 16.3. The van der Waals surface area contributed by atoms with E-state index in [-0.39, 0.29) is 30.2 Å². The molecule has 0 aromatic heterocycles. The van der Waals surface area contributed by atoms with Gasteiger partial charge in [0.05, 0.1) is 18.6 Å². The molecule has 4 rings (SSSR count). The van der Waals surface area contributed by atoms with Gasteiger partial charge >= 0.3 is 6.03 Å². The summed E-state index contributed by atoms with van der Waals surface area (Å²) >= 11 is 0. The van der Waals surface area contributed by atoms with Gasteiger partial charge in [0.1, 0.15) is 6.04 Å². The Balaban J connectivity index is 1.58. The van der Waals surface area contributed by atoms with Crippen molar-refractivity contribution in [3.05, 3.63) is 96.1 Å². The second-order valence-electron chi connectivity index (χ2n) is 15.3. The first-order chi connectivity index (χ1) is 26.5. The maximum absolute atomic E-state index is 14.5. The smallest absolute Gasteiger partial charge is 0.314 e. The number of unbranched alkanes of at least 4 members (excludes halogenated alkanes) is 1. The average molecular weight is 752 g/mol. The second-order valence-corrected chi connectivity index (χ2v) is 15.3. The fourth-order valence-electron chi connectivity index (χ4n) is 6.91. The van der Waals surface area contributed by atoms with Crippen molar-refractivity contribution in [2.24, 2.45) is 17.8 Å². The Bertz CT molecular complexity index is 1860. The molecular weight excluding hydrogens is 691 g/mol. The van der Waals surface area contributed by atoms with Gasteiger partial charge in [0.2, 0.25) is 17.7 Å². The number of nitrogens with one attached hydrogen (secondary N) is 5. The summed E-state index contributed by atoms with van der Waals surface area (Å²) < 4.78 is 0. The Morgan fingerprint density at radius 2 is 1.45 bits per heavy atom. The summed E-state index contributed by atoms with van der Waals surface area (Å²) in [5, 5.41) is 30.0. The maximum Gasteiger partial charge on any atom is 0.314 e. The van der Waals surface area contributed by atoms with Gasteiger partial charge in [-0.3, -0.25) is 14.4 Å². The van der Waals surface area contributed by atoms with E-state index in [9.17, 15) is 24.3 Å². The molecule has 0 aliphatic heterocycles. The van der Waals surface area contributed by atoms with Crippen molar-refractivity contribution in [3.8, 4) is 0 Å². The van der Waals surface area contributed by atoms with Crippen LogP contribution in [0.5, 0.6) is 0 Å². The minimum absolute atomic E-state index is 0.124. The van der Waals surface area contributed by atoms with Crippen LogP contribution in [0, 0.1) is 17.8 Å². The molecule has 0 radical (unpaired) electrons. The van der Waals surface area contributed by atoms with Crippen LogP contribution in [-0.2, 0) is 27.2 Å². The van der Waals surface area contributed by atoms with Crippen molar-refractivity contribution < 1.29 is 24.3 Å². The minimum atomic E-state index is -1.11. The number of hydrogen-bond donors (Lipinski definition) is 6. The van der Waals surface area contributed by atoms with Crippen molar-refractivity contribution in [1.82, 2.24) is 26.6 Å². The summed E-state index contributed by atoms with van der Waals surface area (Å²) in [6.45, 7) is 9.04. The topological polar surface area (TPSA) is 149 Å². The van der Waals surface area contributed by atoms with Gasteiger partial charge in [-0.1, -0.05) is 119 Å². The Morgan fingerprint density at radius 1 is 0.745 bits per heavy atom. The summed E-state index contributed by atoms with van der Waals surface area (Å²) in [5.74, 6) is -0.979. The molecule has 0 spiro atoms. The SMILES string of the molecule is CCC(C)CNC(=O)CC(O)C(CC(C)C)NC(=O)C(CCCCNC(=O)NC)NC(=O)C(Cc1ccc2ccccc2c1)Cc1cccc2ccccc12. The quantitative estimate of drug-likeness (QED) is 0.0544. The second kappa shape index (κ2) is 21.8. The van der Waals surface area contributed by atoms with Crippen molar-refractivity contribution in [3.63, 3.8) is 0 Å². The molecule has 4 aromatic carbocycles. The molecule has 0 aliphatic carbocycles. The molecule has 4 aromatic rings. The molecule has 0 fully saturated rings. The first-order valence-electron chi connectivity index (χ1n) is 19.9. The van der Waals surface area contributed by atoms with Crippen LogP contribution in [0.4, 0.5) is 4.79 Å². The lowest BCUT2D eigenvalue weighted by Gasteiger charge is -2.29. The number of aliphatic hydroxyl groups is 1. The van der Waals surface area contributed by atoms with Crippen LogP contribution in [0.1, 0.15) is 77.3 Å². The van der Waals surface area contributed by atoms with Gasteiger partial charge in [-0.2, -0.15) is 0 Å². The van der Waals surface area contributed by atoms with Crippen LogP contribution in [0.25, 0.3) is 21.5 Å². The largest absolute Gasteiger partial charge is 0.390 e. The lowest BCUT2D eigenvalue weighted by molar-refractivity contribution is -0.132. The molecule has 0 heterocycles. The third kappa shape index (κ3) is 13.7. The zero-order valence-electron chi connectivity index (χ0n) is 33.2. The van der Waals surface area contributed by atoms with Crippen LogP contribution < -0.4 is 26.6 Å². The van der Waals surface area contributed by atoms with Gasteiger partial charge < -0.3 is 31.7 Å². The highest BCUT2D eigenvalue weighted by Gasteiger charge is 2.31. The minimum Gasteiger partial charge on any atom is -0.390 e. The van der Waals surface area contributed by atoms with Crippen LogP contribution in [0.15, 0.2) is 84.9 Å². The van der Waals surface area contributed by atoms with E-state index in [1.165, 1.54) is 0 Å². The van der Waals surface area contributed by atoms with E-state index in [2.05, 4.69) is 95.0 Å². The van der Waals surface area contributed by atoms with Crippen LogP contribution >= 0.6 is 0 Å². The third-order valence-electron chi connectivity index (χ3n) is 10.3. The molecule has 0 aliphatic rings. The van der Waals surface area contributed by atoms with Gasteiger partial charge in [0.25, 0.3) is 0 Å². The molecule has 5 amide bonds. The normalized spacial score (nSPS) is 14.1. The number of benzene rings is 4. The van der Waals surface area contributed by atoms with E-state index < -0.39 is 30.0 Å². The van der Waals surface area contributed by atoms with E-state index in [1.807, 2.05) is 44.2 Å². The summed E-state index contributed by atoms with van der Waals surface area (Å²) in [7, 11) is 1.55. The Kier molecular flexibility index (Phi) is 17.0. The number of aliphatic hydroxyl groups excluding tert-OH is 1. The summed E-state index contributed by atoms with van der Waals surface area (Å²) in [5.41, 5.74) is 2.07. The van der Waals surface area contributed by atoms with Gasteiger partial charge in [0.15, 0.2) is 0 Å². The first kappa shape index (κ1) is 42.8. The molecule has 0 bridgehead atoms. The zero-order chi connectivity index (χ0) is 39.7. The van der Waals surface area contributed by atoms with E-state index in [0.717, 1.165) is 39.1 Å². The van der Waals surface area contributed by atoms with Gasteiger partial charge in [0, 0.05) is 26.1 Å². The van der Waals surface area contributed by atoms with Crippen molar-refractivity contribution >= 4 is 45.3 Å². The number of rotatable bonds is 21. The van der Waals surface area contributed by atoms with Crippen LogP contribution in [0.2, 0.25) is 0 Å². The molecule has 0 saturated carbocycles. The molecule has 6 N–H and O–H groups in total. The molecule has 0 saturated heterocycles. The number of carbonyl (C=O) groups excluding carboxylic acids is 4. The van der Waals surface area contributed by atoms with Crippen LogP contribution in [-0.4, -0.2) is 67.2 Å². The molecule has 296 valence electrons. The van der Waals surface area contributed by atoms with E-state index in [1.54, 1.807) is 7.05 Å². The van der Waals surface area contributed by atoms with Gasteiger partial charge in [-0.15, -0.1) is 0 Å². The molecule has 10 nitrogen and oxygen atoms in total. The third-order valence-corrected chi connectivity index (χ3v) is 10.3.